The van der Waals surface area contributed by atoms with Crippen LogP contribution in [-0.2, 0) is 9.53 Å². The molecule has 0 N–H and O–H groups in total. The normalized spacial score (nSPS) is 28.8. The molecular formula is C20H28FN3O2. The minimum Gasteiger partial charge on any atom is -0.379 e. The second-order valence-corrected chi connectivity index (χ2v) is 7.87. The predicted octanol–water partition coefficient (Wildman–Crippen LogP) is 1.90. The first-order valence-electron chi connectivity index (χ1n) is 9.66. The van der Waals surface area contributed by atoms with Crippen LogP contribution < -0.4 is 0 Å². The molecule has 142 valence electrons. The van der Waals surface area contributed by atoms with Gasteiger partial charge in [-0.1, -0.05) is 12.1 Å². The van der Waals surface area contributed by atoms with Gasteiger partial charge < -0.3 is 9.64 Å². The molecule has 1 aromatic carbocycles. The largest absolute Gasteiger partial charge is 0.379 e. The molecule has 1 aromatic rings. The highest BCUT2D eigenvalue weighted by Gasteiger charge is 2.47. The number of carbonyl (C=O) groups is 1. The van der Waals surface area contributed by atoms with Crippen LogP contribution in [0.3, 0.4) is 0 Å². The summed E-state index contributed by atoms with van der Waals surface area (Å²) in [6, 6.07) is 6.08. The first kappa shape index (κ1) is 17.9. The Balaban J connectivity index is 1.58. The molecule has 3 aliphatic rings. The zero-order valence-corrected chi connectivity index (χ0v) is 15.5. The van der Waals surface area contributed by atoms with Gasteiger partial charge >= 0.3 is 0 Å². The van der Waals surface area contributed by atoms with Gasteiger partial charge in [0.2, 0.25) is 5.91 Å². The lowest BCUT2D eigenvalue weighted by molar-refractivity contribution is -0.138. The number of benzene rings is 1. The molecule has 3 aliphatic heterocycles. The molecule has 6 heteroatoms. The van der Waals surface area contributed by atoms with Crippen molar-refractivity contribution in [2.24, 2.45) is 0 Å². The Morgan fingerprint density at radius 3 is 2.69 bits per heavy atom. The molecule has 26 heavy (non-hydrogen) atoms. The predicted molar refractivity (Wildman–Crippen MR) is 97.3 cm³/mol. The Kier molecular flexibility index (Phi) is 4.99. The first-order valence-corrected chi connectivity index (χ1v) is 9.66. The third-order valence-corrected chi connectivity index (χ3v) is 6.40. The summed E-state index contributed by atoms with van der Waals surface area (Å²) in [5.74, 6) is -0.184. The molecule has 2 atom stereocenters. The fraction of sp³-hybridized carbons (Fsp3) is 0.650. The van der Waals surface area contributed by atoms with Crippen LogP contribution in [-0.4, -0.2) is 79.1 Å². The molecule has 4 rings (SSSR count). The summed E-state index contributed by atoms with van der Waals surface area (Å²) in [5.41, 5.74) is 0.894. The van der Waals surface area contributed by atoms with Crippen molar-refractivity contribution in [1.29, 1.82) is 0 Å². The van der Waals surface area contributed by atoms with Crippen molar-refractivity contribution in [2.45, 2.75) is 30.8 Å². The van der Waals surface area contributed by atoms with Gasteiger partial charge in [0.1, 0.15) is 11.9 Å². The van der Waals surface area contributed by atoms with Gasteiger partial charge in [-0.3, -0.25) is 14.6 Å². The molecule has 3 heterocycles. The smallest absolute Gasteiger partial charge is 0.244 e. The Labute approximate surface area is 154 Å². The summed E-state index contributed by atoms with van der Waals surface area (Å²) >= 11 is 0. The van der Waals surface area contributed by atoms with Gasteiger partial charge in [0.25, 0.3) is 0 Å². The van der Waals surface area contributed by atoms with Gasteiger partial charge in [0, 0.05) is 31.7 Å². The van der Waals surface area contributed by atoms with E-state index in [1.165, 1.54) is 18.6 Å². The van der Waals surface area contributed by atoms with Gasteiger partial charge in [-0.25, -0.2) is 4.39 Å². The summed E-state index contributed by atoms with van der Waals surface area (Å²) in [5, 5.41) is 0. The maximum absolute atomic E-state index is 13.9. The summed E-state index contributed by atoms with van der Waals surface area (Å²) in [4.78, 5) is 20.1. The van der Waals surface area contributed by atoms with Crippen LogP contribution in [0.5, 0.6) is 0 Å². The molecule has 0 aliphatic carbocycles. The molecule has 3 saturated heterocycles. The van der Waals surface area contributed by atoms with Crippen LogP contribution in [0.4, 0.5) is 4.39 Å². The number of rotatable bonds is 3. The third-order valence-electron chi connectivity index (χ3n) is 6.40. The molecule has 0 saturated carbocycles. The van der Waals surface area contributed by atoms with Crippen LogP contribution in [0.25, 0.3) is 0 Å². The van der Waals surface area contributed by atoms with Gasteiger partial charge in [-0.2, -0.15) is 0 Å². The van der Waals surface area contributed by atoms with Crippen LogP contribution in [0, 0.1) is 5.82 Å². The van der Waals surface area contributed by atoms with Crippen molar-refractivity contribution in [3.05, 3.63) is 35.6 Å². The monoisotopic (exact) mass is 361 g/mol. The van der Waals surface area contributed by atoms with E-state index in [2.05, 4.69) is 16.8 Å². The minimum absolute atomic E-state index is 0.106. The Bertz CT molecular complexity index is 664. The number of carbonyl (C=O) groups excluding carboxylic acids is 1. The second kappa shape index (κ2) is 7.25. The number of hydrogen-bond donors (Lipinski definition) is 0. The van der Waals surface area contributed by atoms with Gasteiger partial charge in [0.15, 0.2) is 0 Å². The van der Waals surface area contributed by atoms with E-state index in [0.29, 0.717) is 26.3 Å². The van der Waals surface area contributed by atoms with Crippen molar-refractivity contribution in [3.8, 4) is 0 Å². The van der Waals surface area contributed by atoms with Crippen LogP contribution in [0.1, 0.15) is 30.9 Å². The maximum atomic E-state index is 13.9. The lowest BCUT2D eigenvalue weighted by Gasteiger charge is -2.37. The van der Waals surface area contributed by atoms with Crippen LogP contribution in [0.15, 0.2) is 24.3 Å². The number of likely N-dealkylation sites (N-methyl/N-ethyl adjacent to an activating group) is 1. The maximum Gasteiger partial charge on any atom is 0.244 e. The van der Waals surface area contributed by atoms with E-state index in [0.717, 1.165) is 38.0 Å². The van der Waals surface area contributed by atoms with Crippen LogP contribution >= 0.6 is 0 Å². The topological polar surface area (TPSA) is 36.0 Å². The van der Waals surface area contributed by atoms with Crippen LogP contribution in [0.2, 0.25) is 0 Å². The highest BCUT2D eigenvalue weighted by Crippen LogP contribution is 2.38. The molecule has 1 amide bonds. The van der Waals surface area contributed by atoms with Crippen molar-refractivity contribution >= 4 is 5.91 Å². The number of morpholine rings is 1. The summed E-state index contributed by atoms with van der Waals surface area (Å²) in [6.07, 6.45) is 3.40. The highest BCUT2D eigenvalue weighted by molar-refractivity contribution is 5.83. The zero-order chi connectivity index (χ0) is 18.1. The van der Waals surface area contributed by atoms with E-state index >= 15 is 0 Å². The van der Waals surface area contributed by atoms with E-state index in [4.69, 9.17) is 4.74 Å². The number of amides is 1. The van der Waals surface area contributed by atoms with Crippen molar-refractivity contribution < 1.29 is 13.9 Å². The molecule has 5 nitrogen and oxygen atoms in total. The van der Waals surface area contributed by atoms with Gasteiger partial charge in [0.05, 0.1) is 13.2 Å². The number of halogens is 1. The number of likely N-dealkylation sites (tertiary alicyclic amines) is 2. The molecular weight excluding hydrogens is 333 g/mol. The second-order valence-electron chi connectivity index (χ2n) is 7.87. The number of ether oxygens (including phenoxy) is 1. The van der Waals surface area contributed by atoms with Crippen molar-refractivity contribution in [2.75, 3.05) is 53.0 Å². The van der Waals surface area contributed by atoms with E-state index < -0.39 is 6.04 Å². The number of nitrogens with zero attached hydrogens (tertiary/aromatic N) is 3. The fourth-order valence-electron chi connectivity index (χ4n) is 4.83. The van der Waals surface area contributed by atoms with E-state index in [-0.39, 0.29) is 17.3 Å². The minimum atomic E-state index is -0.420. The van der Waals surface area contributed by atoms with Crippen molar-refractivity contribution in [1.82, 2.24) is 14.7 Å². The Hall–Kier alpha value is -1.50. The van der Waals surface area contributed by atoms with E-state index in [1.54, 1.807) is 6.07 Å². The first-order chi connectivity index (χ1) is 12.6. The Morgan fingerprint density at radius 1 is 1.19 bits per heavy atom. The SMILES string of the molecule is CN1CCCC12CCN(C(=O)C(c1cccc(F)c1)N1CCOCC1)C2. The third kappa shape index (κ3) is 3.26. The Morgan fingerprint density at radius 2 is 2.00 bits per heavy atom. The summed E-state index contributed by atoms with van der Waals surface area (Å²) < 4.78 is 19.3. The molecule has 0 aromatic heterocycles. The molecule has 0 bridgehead atoms. The van der Waals surface area contributed by atoms with Gasteiger partial charge in [-0.05, 0) is 50.6 Å². The van der Waals surface area contributed by atoms with Gasteiger partial charge in [-0.15, -0.1) is 0 Å². The molecule has 1 spiro atoms. The average molecular weight is 361 g/mol. The zero-order valence-electron chi connectivity index (χ0n) is 15.5. The summed E-state index contributed by atoms with van der Waals surface area (Å²) in [7, 11) is 2.17. The van der Waals surface area contributed by atoms with E-state index in [1.807, 2.05) is 11.0 Å². The molecule has 3 fully saturated rings. The number of hydrogen-bond acceptors (Lipinski definition) is 4. The standard InChI is InChI=1S/C20H28FN3O2/c1-22-8-3-6-20(22)7-9-24(15-20)19(25)18(23-10-12-26-13-11-23)16-4-2-5-17(21)14-16/h2,4-5,14,18H,3,6-13,15H2,1H3. The van der Waals surface area contributed by atoms with E-state index in [9.17, 15) is 9.18 Å². The lowest BCUT2D eigenvalue weighted by Crippen LogP contribution is -2.49. The fourth-order valence-corrected chi connectivity index (χ4v) is 4.83. The molecule has 2 unspecified atom stereocenters. The van der Waals surface area contributed by atoms with Crippen molar-refractivity contribution in [3.63, 3.8) is 0 Å². The average Bonchev–Trinajstić information content (AvgIpc) is 3.24. The quantitative estimate of drug-likeness (QED) is 0.824. The molecule has 0 radical (unpaired) electrons. The lowest BCUT2D eigenvalue weighted by atomic mass is 9.95. The summed E-state index contributed by atoms with van der Waals surface area (Å²) in [6.45, 7) is 5.33. The highest BCUT2D eigenvalue weighted by atomic mass is 19.1.